The van der Waals surface area contributed by atoms with Gasteiger partial charge in [-0.2, -0.15) is 0 Å². The molecule has 0 aliphatic rings. The monoisotopic (exact) mass is 214 g/mol. The number of aliphatic hydroxyl groups excluding tert-OH is 1. The maximum absolute atomic E-state index is 9.88. The summed E-state index contributed by atoms with van der Waals surface area (Å²) in [5.41, 5.74) is 0. The first kappa shape index (κ1) is 11.5. The van der Waals surface area contributed by atoms with Gasteiger partial charge < -0.3 is 9.84 Å². The van der Waals surface area contributed by atoms with Gasteiger partial charge in [0.1, 0.15) is 5.75 Å². The summed E-state index contributed by atoms with van der Waals surface area (Å²) in [6.45, 7) is 2.16. The van der Waals surface area contributed by atoms with Gasteiger partial charge in [0, 0.05) is 0 Å². The molecule has 1 heterocycles. The minimum atomic E-state index is -0.350. The average Bonchev–Trinajstić information content (AvgIpc) is 2.65. The molecule has 0 saturated carbocycles. The molecule has 1 aromatic heterocycles. The van der Waals surface area contributed by atoms with E-state index in [2.05, 4.69) is 6.92 Å². The van der Waals surface area contributed by atoms with Crippen molar-refractivity contribution in [2.24, 2.45) is 0 Å². The SMILES string of the molecule is CCCCCC(O)c1sccc1OC. The molecular formula is C11H18O2S. The van der Waals surface area contributed by atoms with Crippen LogP contribution in [-0.4, -0.2) is 12.2 Å². The second kappa shape index (κ2) is 6.04. The van der Waals surface area contributed by atoms with E-state index in [4.69, 9.17) is 4.74 Å². The van der Waals surface area contributed by atoms with Crippen molar-refractivity contribution >= 4 is 11.3 Å². The smallest absolute Gasteiger partial charge is 0.135 e. The van der Waals surface area contributed by atoms with E-state index in [1.807, 2.05) is 11.4 Å². The third-order valence-corrected chi connectivity index (χ3v) is 3.26. The molecule has 1 N–H and O–H groups in total. The van der Waals surface area contributed by atoms with Gasteiger partial charge >= 0.3 is 0 Å². The van der Waals surface area contributed by atoms with Crippen LogP contribution in [0.2, 0.25) is 0 Å². The fourth-order valence-electron chi connectivity index (χ4n) is 1.44. The predicted octanol–water partition coefficient (Wildman–Crippen LogP) is 3.37. The molecule has 1 rings (SSSR count). The lowest BCUT2D eigenvalue weighted by Crippen LogP contribution is -1.96. The van der Waals surface area contributed by atoms with E-state index in [1.54, 1.807) is 18.4 Å². The second-order valence-corrected chi connectivity index (χ2v) is 4.31. The molecule has 0 aliphatic carbocycles. The molecule has 0 fully saturated rings. The van der Waals surface area contributed by atoms with Crippen molar-refractivity contribution in [1.82, 2.24) is 0 Å². The number of methoxy groups -OCH3 is 1. The first-order chi connectivity index (χ1) is 6.79. The molecule has 0 amide bonds. The Kier molecular flexibility index (Phi) is 4.98. The van der Waals surface area contributed by atoms with E-state index in [0.29, 0.717) is 0 Å². The van der Waals surface area contributed by atoms with Gasteiger partial charge in [-0.3, -0.25) is 0 Å². The van der Waals surface area contributed by atoms with Crippen LogP contribution in [-0.2, 0) is 0 Å². The number of hydrogen-bond acceptors (Lipinski definition) is 3. The van der Waals surface area contributed by atoms with E-state index in [0.717, 1.165) is 23.5 Å². The van der Waals surface area contributed by atoms with Crippen molar-refractivity contribution in [3.05, 3.63) is 16.3 Å². The summed E-state index contributed by atoms with van der Waals surface area (Å²) in [7, 11) is 1.64. The molecule has 1 atom stereocenters. The van der Waals surface area contributed by atoms with Crippen LogP contribution in [0.1, 0.15) is 43.6 Å². The summed E-state index contributed by atoms with van der Waals surface area (Å²) in [4.78, 5) is 0.962. The first-order valence-corrected chi connectivity index (χ1v) is 5.97. The van der Waals surface area contributed by atoms with Crippen molar-refractivity contribution in [2.75, 3.05) is 7.11 Å². The molecule has 0 bridgehead atoms. The summed E-state index contributed by atoms with van der Waals surface area (Å²) in [5.74, 6) is 0.819. The van der Waals surface area contributed by atoms with Crippen LogP contribution in [0.5, 0.6) is 5.75 Å². The number of rotatable bonds is 6. The van der Waals surface area contributed by atoms with Crippen LogP contribution in [0.4, 0.5) is 0 Å². The van der Waals surface area contributed by atoms with Crippen molar-refractivity contribution in [3.63, 3.8) is 0 Å². The average molecular weight is 214 g/mol. The Balaban J connectivity index is 2.47. The molecule has 1 aromatic rings. The normalized spacial score (nSPS) is 12.8. The van der Waals surface area contributed by atoms with Gasteiger partial charge in [-0.1, -0.05) is 26.2 Å². The Labute approximate surface area is 89.5 Å². The molecule has 0 aliphatic heterocycles. The highest BCUT2D eigenvalue weighted by molar-refractivity contribution is 7.10. The molecule has 0 aromatic carbocycles. The molecule has 80 valence electrons. The third-order valence-electron chi connectivity index (χ3n) is 2.26. The summed E-state index contributed by atoms with van der Waals surface area (Å²) in [6, 6.07) is 1.91. The molecular weight excluding hydrogens is 196 g/mol. The number of aliphatic hydroxyl groups is 1. The summed E-state index contributed by atoms with van der Waals surface area (Å²) < 4.78 is 5.16. The Morgan fingerprint density at radius 1 is 1.50 bits per heavy atom. The van der Waals surface area contributed by atoms with Crippen molar-refractivity contribution in [1.29, 1.82) is 0 Å². The molecule has 0 radical (unpaired) electrons. The Hall–Kier alpha value is -0.540. The van der Waals surface area contributed by atoms with E-state index in [1.165, 1.54) is 12.8 Å². The van der Waals surface area contributed by atoms with Gasteiger partial charge in [-0.25, -0.2) is 0 Å². The molecule has 14 heavy (non-hydrogen) atoms. The van der Waals surface area contributed by atoms with Crippen molar-refractivity contribution < 1.29 is 9.84 Å². The largest absolute Gasteiger partial charge is 0.495 e. The topological polar surface area (TPSA) is 29.5 Å². The molecule has 2 nitrogen and oxygen atoms in total. The van der Waals surface area contributed by atoms with E-state index >= 15 is 0 Å². The summed E-state index contributed by atoms with van der Waals surface area (Å²) in [5, 5.41) is 11.8. The fourth-order valence-corrected chi connectivity index (χ4v) is 2.32. The zero-order chi connectivity index (χ0) is 10.4. The van der Waals surface area contributed by atoms with E-state index in [9.17, 15) is 5.11 Å². The second-order valence-electron chi connectivity index (χ2n) is 3.36. The molecule has 3 heteroatoms. The minimum Gasteiger partial charge on any atom is -0.495 e. The molecule has 0 saturated heterocycles. The van der Waals surface area contributed by atoms with E-state index in [-0.39, 0.29) is 6.10 Å². The van der Waals surface area contributed by atoms with E-state index < -0.39 is 0 Å². The van der Waals surface area contributed by atoms with Gasteiger partial charge in [0.15, 0.2) is 0 Å². The summed E-state index contributed by atoms with van der Waals surface area (Å²) >= 11 is 1.57. The Morgan fingerprint density at radius 2 is 2.29 bits per heavy atom. The van der Waals surface area contributed by atoms with Crippen LogP contribution in [0.3, 0.4) is 0 Å². The van der Waals surface area contributed by atoms with Gasteiger partial charge in [0.25, 0.3) is 0 Å². The highest BCUT2D eigenvalue weighted by Gasteiger charge is 2.13. The zero-order valence-corrected chi connectivity index (χ0v) is 9.64. The first-order valence-electron chi connectivity index (χ1n) is 5.09. The number of hydrogen-bond donors (Lipinski definition) is 1. The summed E-state index contributed by atoms with van der Waals surface area (Å²) in [6.07, 6.45) is 3.94. The van der Waals surface area contributed by atoms with Crippen LogP contribution in [0.15, 0.2) is 11.4 Å². The standard InChI is InChI=1S/C11H18O2S/c1-3-4-5-6-9(12)11-10(13-2)7-8-14-11/h7-9,12H,3-6H2,1-2H3. The Morgan fingerprint density at radius 3 is 2.93 bits per heavy atom. The van der Waals surface area contributed by atoms with Gasteiger partial charge in [-0.15, -0.1) is 11.3 Å². The quantitative estimate of drug-likeness (QED) is 0.736. The fraction of sp³-hybridized carbons (Fsp3) is 0.636. The molecule has 1 unspecified atom stereocenters. The Bertz CT molecular complexity index is 258. The number of thiophene rings is 1. The lowest BCUT2D eigenvalue weighted by molar-refractivity contribution is 0.163. The highest BCUT2D eigenvalue weighted by atomic mass is 32.1. The lowest BCUT2D eigenvalue weighted by atomic mass is 10.1. The predicted molar refractivity (Wildman–Crippen MR) is 60.0 cm³/mol. The van der Waals surface area contributed by atoms with Crippen LogP contribution >= 0.6 is 11.3 Å². The third kappa shape index (κ3) is 3.00. The number of unbranched alkanes of at least 4 members (excludes halogenated alkanes) is 2. The number of ether oxygens (including phenoxy) is 1. The van der Waals surface area contributed by atoms with Crippen LogP contribution < -0.4 is 4.74 Å². The maximum atomic E-state index is 9.88. The van der Waals surface area contributed by atoms with Gasteiger partial charge in [0.05, 0.1) is 18.1 Å². The van der Waals surface area contributed by atoms with Gasteiger partial charge in [-0.05, 0) is 17.9 Å². The maximum Gasteiger partial charge on any atom is 0.135 e. The zero-order valence-electron chi connectivity index (χ0n) is 8.82. The highest BCUT2D eigenvalue weighted by Crippen LogP contribution is 2.33. The van der Waals surface area contributed by atoms with Crippen molar-refractivity contribution in [3.8, 4) is 5.75 Å². The van der Waals surface area contributed by atoms with Gasteiger partial charge in [0.2, 0.25) is 0 Å². The lowest BCUT2D eigenvalue weighted by Gasteiger charge is -2.10. The van der Waals surface area contributed by atoms with Crippen LogP contribution in [0.25, 0.3) is 0 Å². The van der Waals surface area contributed by atoms with Crippen molar-refractivity contribution in [2.45, 2.75) is 38.7 Å². The molecule has 0 spiro atoms. The van der Waals surface area contributed by atoms with Crippen LogP contribution in [0, 0.1) is 0 Å². The minimum absolute atomic E-state index is 0.350.